The summed E-state index contributed by atoms with van der Waals surface area (Å²) in [5, 5.41) is 15.4. The van der Waals surface area contributed by atoms with Gasteiger partial charge in [0.2, 0.25) is 0 Å². The van der Waals surface area contributed by atoms with Crippen molar-refractivity contribution in [1.82, 2.24) is 5.32 Å². The lowest BCUT2D eigenvalue weighted by atomic mass is 9.86. The van der Waals surface area contributed by atoms with E-state index in [1.165, 1.54) is 16.3 Å². The smallest absolute Gasteiger partial charge is 0.119 e. The Morgan fingerprint density at radius 3 is 2.59 bits per heavy atom. The number of fused-ring (bicyclic) bond motifs is 1. The number of rotatable bonds is 6. The summed E-state index contributed by atoms with van der Waals surface area (Å²) in [5.74, 6) is 0.876. The average molecular weight is 301 g/mol. The van der Waals surface area contributed by atoms with E-state index in [1.54, 1.807) is 7.11 Å². The van der Waals surface area contributed by atoms with Crippen LogP contribution in [0, 0.1) is 5.41 Å². The molecule has 0 spiro atoms. The Balaban J connectivity index is 1.72. The molecule has 0 amide bonds. The number of hydrogen-bond acceptors (Lipinski definition) is 4. The Morgan fingerprint density at radius 2 is 1.95 bits per heavy atom. The highest BCUT2D eigenvalue weighted by molar-refractivity contribution is 5.84. The second-order valence-electron chi connectivity index (χ2n) is 6.23. The lowest BCUT2D eigenvalue weighted by Crippen LogP contribution is -2.52. The molecule has 118 valence electrons. The Morgan fingerprint density at radius 1 is 1.23 bits per heavy atom. The first-order valence-corrected chi connectivity index (χ1v) is 7.65. The van der Waals surface area contributed by atoms with Gasteiger partial charge in [-0.1, -0.05) is 18.2 Å². The molecule has 2 aromatic rings. The summed E-state index contributed by atoms with van der Waals surface area (Å²) in [5.41, 5.74) is 1.14. The third-order valence-electron chi connectivity index (χ3n) is 4.51. The quantitative estimate of drug-likeness (QED) is 0.861. The largest absolute Gasteiger partial charge is 0.497 e. The van der Waals surface area contributed by atoms with Crippen molar-refractivity contribution in [2.24, 2.45) is 5.41 Å². The molecule has 2 N–H and O–H groups in total. The summed E-state index contributed by atoms with van der Waals surface area (Å²) in [6.45, 7) is 4.37. The van der Waals surface area contributed by atoms with E-state index < -0.39 is 0 Å². The van der Waals surface area contributed by atoms with E-state index in [2.05, 4.69) is 36.5 Å². The van der Waals surface area contributed by atoms with Gasteiger partial charge in [-0.25, -0.2) is 0 Å². The van der Waals surface area contributed by atoms with Crippen LogP contribution >= 0.6 is 0 Å². The molecular weight excluding hydrogens is 278 g/mol. The highest BCUT2D eigenvalue weighted by atomic mass is 16.5. The van der Waals surface area contributed by atoms with Gasteiger partial charge in [0.1, 0.15) is 5.75 Å². The Hall–Kier alpha value is -1.62. The molecule has 0 aliphatic carbocycles. The zero-order valence-corrected chi connectivity index (χ0v) is 13.1. The normalized spacial score (nSPS) is 18.0. The van der Waals surface area contributed by atoms with Gasteiger partial charge in [-0.05, 0) is 41.5 Å². The van der Waals surface area contributed by atoms with Crippen molar-refractivity contribution in [3.05, 3.63) is 42.0 Å². The number of ether oxygens (including phenoxy) is 2. The third kappa shape index (κ3) is 2.95. The zero-order valence-electron chi connectivity index (χ0n) is 13.1. The van der Waals surface area contributed by atoms with Gasteiger partial charge >= 0.3 is 0 Å². The predicted molar refractivity (Wildman–Crippen MR) is 87.3 cm³/mol. The molecule has 3 rings (SSSR count). The third-order valence-corrected chi connectivity index (χ3v) is 4.51. The van der Waals surface area contributed by atoms with Crippen LogP contribution < -0.4 is 10.1 Å². The summed E-state index contributed by atoms with van der Waals surface area (Å²) in [6, 6.07) is 12.8. The van der Waals surface area contributed by atoms with Gasteiger partial charge in [-0.2, -0.15) is 0 Å². The monoisotopic (exact) mass is 301 g/mol. The molecule has 1 aliphatic rings. The van der Waals surface area contributed by atoms with Crippen molar-refractivity contribution in [1.29, 1.82) is 0 Å². The zero-order chi connectivity index (χ0) is 15.6. The maximum absolute atomic E-state index is 9.48. The molecule has 4 heteroatoms. The molecule has 22 heavy (non-hydrogen) atoms. The van der Waals surface area contributed by atoms with Gasteiger partial charge in [0.25, 0.3) is 0 Å². The highest BCUT2D eigenvalue weighted by Crippen LogP contribution is 2.28. The first kappa shape index (κ1) is 15.3. The lowest BCUT2D eigenvalue weighted by Gasteiger charge is -2.40. The summed E-state index contributed by atoms with van der Waals surface area (Å²) >= 11 is 0. The van der Waals surface area contributed by atoms with Gasteiger partial charge in [0.15, 0.2) is 0 Å². The predicted octanol–water partition coefficient (Wildman–Crippen LogP) is 2.51. The summed E-state index contributed by atoms with van der Waals surface area (Å²) < 4.78 is 10.5. The molecule has 1 fully saturated rings. The SMILES string of the molecule is COc1ccc2cc(C(C)NCC3(CO)COC3)ccc2c1. The fourth-order valence-electron chi connectivity index (χ4n) is 2.77. The van der Waals surface area contributed by atoms with Crippen molar-refractivity contribution in [3.63, 3.8) is 0 Å². The Labute approximate surface area is 131 Å². The van der Waals surface area contributed by atoms with Gasteiger partial charge in [-0.15, -0.1) is 0 Å². The maximum Gasteiger partial charge on any atom is 0.119 e. The minimum atomic E-state index is -0.0987. The summed E-state index contributed by atoms with van der Waals surface area (Å²) in [4.78, 5) is 0. The van der Waals surface area contributed by atoms with Crippen LogP contribution in [0.15, 0.2) is 36.4 Å². The molecule has 0 radical (unpaired) electrons. The summed E-state index contributed by atoms with van der Waals surface area (Å²) in [7, 11) is 1.68. The fraction of sp³-hybridized carbons (Fsp3) is 0.444. The van der Waals surface area contributed by atoms with Crippen LogP contribution in [0.4, 0.5) is 0 Å². The lowest BCUT2D eigenvalue weighted by molar-refractivity contribution is -0.135. The van der Waals surface area contributed by atoms with Gasteiger partial charge in [-0.3, -0.25) is 0 Å². The Kier molecular flexibility index (Phi) is 4.34. The fourth-order valence-corrected chi connectivity index (χ4v) is 2.77. The van der Waals surface area contributed by atoms with Crippen molar-refractivity contribution >= 4 is 10.8 Å². The minimum absolute atomic E-state index is 0.0987. The van der Waals surface area contributed by atoms with Crippen molar-refractivity contribution < 1.29 is 14.6 Å². The van der Waals surface area contributed by atoms with Gasteiger partial charge in [0.05, 0.1) is 32.3 Å². The van der Waals surface area contributed by atoms with Crippen LogP contribution in [0.1, 0.15) is 18.5 Å². The molecule has 0 bridgehead atoms. The Bertz CT molecular complexity index is 646. The van der Waals surface area contributed by atoms with Crippen LogP contribution in [0.5, 0.6) is 5.75 Å². The molecule has 1 aliphatic heterocycles. The molecule has 1 atom stereocenters. The van der Waals surface area contributed by atoms with E-state index in [0.717, 1.165) is 12.3 Å². The number of aliphatic hydroxyl groups is 1. The van der Waals surface area contributed by atoms with Crippen LogP contribution in [-0.2, 0) is 4.74 Å². The molecule has 0 aromatic heterocycles. The van der Waals surface area contributed by atoms with E-state index in [4.69, 9.17) is 9.47 Å². The van der Waals surface area contributed by atoms with Crippen molar-refractivity contribution in [2.75, 3.05) is 33.5 Å². The number of nitrogens with one attached hydrogen (secondary N) is 1. The van der Waals surface area contributed by atoms with E-state index >= 15 is 0 Å². The number of aliphatic hydroxyl groups excluding tert-OH is 1. The van der Waals surface area contributed by atoms with Gasteiger partial charge < -0.3 is 19.9 Å². The van der Waals surface area contributed by atoms with Gasteiger partial charge in [0, 0.05) is 12.6 Å². The molecule has 4 nitrogen and oxygen atoms in total. The van der Waals surface area contributed by atoms with Crippen LogP contribution in [0.2, 0.25) is 0 Å². The standard InChI is InChI=1S/C18H23NO3/c1-13(19-9-18(10-20)11-22-12-18)14-3-4-16-8-17(21-2)6-5-15(16)7-14/h3-8,13,19-20H,9-12H2,1-2H3. The molecule has 1 saturated heterocycles. The first-order valence-electron chi connectivity index (χ1n) is 7.65. The van der Waals surface area contributed by atoms with E-state index in [-0.39, 0.29) is 18.1 Å². The number of hydrogen-bond donors (Lipinski definition) is 2. The molecule has 0 saturated carbocycles. The molecule has 2 aromatic carbocycles. The van der Waals surface area contributed by atoms with Crippen LogP contribution in [0.3, 0.4) is 0 Å². The topological polar surface area (TPSA) is 50.7 Å². The molecule has 1 heterocycles. The number of benzene rings is 2. The van der Waals surface area contributed by atoms with Crippen molar-refractivity contribution in [2.45, 2.75) is 13.0 Å². The molecular formula is C18H23NO3. The van der Waals surface area contributed by atoms with E-state index in [0.29, 0.717) is 13.2 Å². The summed E-state index contributed by atoms with van der Waals surface area (Å²) in [6.07, 6.45) is 0. The van der Waals surface area contributed by atoms with Crippen LogP contribution in [-0.4, -0.2) is 38.6 Å². The molecule has 1 unspecified atom stereocenters. The number of methoxy groups -OCH3 is 1. The first-order chi connectivity index (χ1) is 10.7. The average Bonchev–Trinajstić information content (AvgIpc) is 2.53. The van der Waals surface area contributed by atoms with Crippen LogP contribution in [0.25, 0.3) is 10.8 Å². The van der Waals surface area contributed by atoms with E-state index in [9.17, 15) is 5.11 Å². The minimum Gasteiger partial charge on any atom is -0.497 e. The maximum atomic E-state index is 9.48. The highest BCUT2D eigenvalue weighted by Gasteiger charge is 2.37. The second kappa shape index (κ2) is 6.24. The van der Waals surface area contributed by atoms with E-state index in [1.807, 2.05) is 12.1 Å². The second-order valence-corrected chi connectivity index (χ2v) is 6.23. The van der Waals surface area contributed by atoms with Crippen molar-refractivity contribution in [3.8, 4) is 5.75 Å².